The van der Waals surface area contributed by atoms with E-state index in [-0.39, 0.29) is 0 Å². The number of rotatable bonds is 3. The quantitative estimate of drug-likeness (QED) is 0.591. The van der Waals surface area contributed by atoms with Gasteiger partial charge in [0.05, 0.1) is 0 Å². The van der Waals surface area contributed by atoms with Gasteiger partial charge >= 0.3 is 0 Å². The maximum atomic E-state index is 11.1. The van der Waals surface area contributed by atoms with E-state index in [1.54, 1.807) is 12.1 Å². The molecule has 0 amide bonds. The molecule has 0 aliphatic heterocycles. The van der Waals surface area contributed by atoms with Gasteiger partial charge in [-0.25, -0.2) is 0 Å². The highest BCUT2D eigenvalue weighted by atomic mass is 35.5. The predicted octanol–water partition coefficient (Wildman–Crippen LogP) is 5.40. The number of benzene rings is 3. The van der Waals surface area contributed by atoms with E-state index in [1.165, 1.54) is 11.1 Å². The van der Waals surface area contributed by atoms with E-state index in [4.69, 9.17) is 11.6 Å². The molecule has 0 fully saturated rings. The molecule has 0 unspecified atom stereocenters. The van der Waals surface area contributed by atoms with E-state index >= 15 is 0 Å². The molecule has 0 atom stereocenters. The Labute approximate surface area is 128 Å². The lowest BCUT2D eigenvalue weighted by Gasteiger charge is -2.10. The number of carbonyl (C=O) groups excluding carboxylic acids is 1. The molecule has 102 valence electrons. The molecule has 0 bridgehead atoms. The molecule has 2 heteroatoms. The van der Waals surface area contributed by atoms with E-state index in [0.717, 1.165) is 11.1 Å². The molecule has 0 radical (unpaired) electrons. The standard InChI is InChI=1S/C19H13ClO/c20-19(21)16-12-10-15(11-13-16)18-9-5-4-8-17(18)14-6-2-1-3-7-14/h1-13H. The Bertz CT molecular complexity index is 761. The molecule has 0 heterocycles. The van der Waals surface area contributed by atoms with Crippen molar-refractivity contribution in [1.82, 2.24) is 0 Å². The maximum absolute atomic E-state index is 11.1. The molecule has 0 N–H and O–H groups in total. The minimum absolute atomic E-state index is 0.433. The van der Waals surface area contributed by atoms with Crippen molar-refractivity contribution in [3.8, 4) is 22.3 Å². The Kier molecular flexibility index (Phi) is 3.85. The minimum atomic E-state index is -0.433. The molecule has 0 saturated carbocycles. The number of halogens is 1. The third kappa shape index (κ3) is 2.88. The minimum Gasteiger partial charge on any atom is -0.276 e. The summed E-state index contributed by atoms with van der Waals surface area (Å²) < 4.78 is 0. The molecule has 3 aromatic rings. The second-order valence-electron chi connectivity index (χ2n) is 4.76. The second kappa shape index (κ2) is 5.94. The van der Waals surface area contributed by atoms with Crippen molar-refractivity contribution in [2.75, 3.05) is 0 Å². The Hall–Kier alpha value is -2.38. The van der Waals surface area contributed by atoms with Crippen LogP contribution in [0.25, 0.3) is 22.3 Å². The molecule has 0 aliphatic carbocycles. The van der Waals surface area contributed by atoms with Crippen molar-refractivity contribution in [3.63, 3.8) is 0 Å². The maximum Gasteiger partial charge on any atom is 0.252 e. The van der Waals surface area contributed by atoms with Crippen molar-refractivity contribution in [1.29, 1.82) is 0 Å². The summed E-state index contributed by atoms with van der Waals surface area (Å²) in [5.41, 5.74) is 5.06. The van der Waals surface area contributed by atoms with Crippen LogP contribution in [-0.4, -0.2) is 5.24 Å². The van der Waals surface area contributed by atoms with Crippen molar-refractivity contribution in [3.05, 3.63) is 84.4 Å². The smallest absolute Gasteiger partial charge is 0.252 e. The first-order valence-electron chi connectivity index (χ1n) is 6.70. The summed E-state index contributed by atoms with van der Waals surface area (Å²) in [5, 5.41) is -0.433. The summed E-state index contributed by atoms with van der Waals surface area (Å²) in [6, 6.07) is 25.9. The van der Waals surface area contributed by atoms with Gasteiger partial charge < -0.3 is 0 Å². The lowest BCUT2D eigenvalue weighted by Crippen LogP contribution is -1.89. The average molecular weight is 293 g/mol. The van der Waals surface area contributed by atoms with Crippen LogP contribution >= 0.6 is 11.6 Å². The lowest BCUT2D eigenvalue weighted by atomic mass is 9.94. The van der Waals surface area contributed by atoms with E-state index in [2.05, 4.69) is 24.3 Å². The molecule has 0 aromatic heterocycles. The van der Waals surface area contributed by atoms with Crippen LogP contribution in [0.5, 0.6) is 0 Å². The highest BCUT2D eigenvalue weighted by molar-refractivity contribution is 6.67. The molecule has 0 aliphatic rings. The molecule has 0 spiro atoms. The van der Waals surface area contributed by atoms with Gasteiger partial charge in [-0.1, -0.05) is 66.7 Å². The first-order valence-corrected chi connectivity index (χ1v) is 7.08. The van der Waals surface area contributed by atoms with E-state index in [9.17, 15) is 4.79 Å². The zero-order chi connectivity index (χ0) is 14.7. The Morgan fingerprint density at radius 2 is 1.10 bits per heavy atom. The number of hydrogen-bond donors (Lipinski definition) is 0. The van der Waals surface area contributed by atoms with Crippen LogP contribution in [0, 0.1) is 0 Å². The van der Waals surface area contributed by atoms with E-state index < -0.39 is 5.24 Å². The van der Waals surface area contributed by atoms with Gasteiger partial charge in [0.25, 0.3) is 5.24 Å². The summed E-state index contributed by atoms with van der Waals surface area (Å²) >= 11 is 5.49. The normalized spacial score (nSPS) is 10.3. The fourth-order valence-corrected chi connectivity index (χ4v) is 2.51. The van der Waals surface area contributed by atoms with Gasteiger partial charge in [0.2, 0.25) is 0 Å². The third-order valence-electron chi connectivity index (χ3n) is 3.43. The SMILES string of the molecule is O=C(Cl)c1ccc(-c2ccccc2-c2ccccc2)cc1. The van der Waals surface area contributed by atoms with Crippen LogP contribution in [0.15, 0.2) is 78.9 Å². The third-order valence-corrected chi connectivity index (χ3v) is 3.65. The van der Waals surface area contributed by atoms with E-state index in [1.807, 2.05) is 42.5 Å². The van der Waals surface area contributed by atoms with Gasteiger partial charge in [-0.15, -0.1) is 0 Å². The van der Waals surface area contributed by atoms with Crippen LogP contribution in [0.4, 0.5) is 0 Å². The highest BCUT2D eigenvalue weighted by Crippen LogP contribution is 2.31. The molecular weight excluding hydrogens is 280 g/mol. The summed E-state index contributed by atoms with van der Waals surface area (Å²) in [5.74, 6) is 0. The zero-order valence-corrected chi connectivity index (χ0v) is 12.0. The average Bonchev–Trinajstić information content (AvgIpc) is 2.56. The molecule has 21 heavy (non-hydrogen) atoms. The molecule has 0 saturated heterocycles. The van der Waals surface area contributed by atoms with Gasteiger partial charge in [0.15, 0.2) is 0 Å². The van der Waals surface area contributed by atoms with Crippen molar-refractivity contribution in [2.24, 2.45) is 0 Å². The zero-order valence-electron chi connectivity index (χ0n) is 11.3. The summed E-state index contributed by atoms with van der Waals surface area (Å²) in [6.07, 6.45) is 0. The molecule has 3 rings (SSSR count). The molecular formula is C19H13ClO. The van der Waals surface area contributed by atoms with Gasteiger partial charge in [-0.3, -0.25) is 4.79 Å². The Morgan fingerprint density at radius 3 is 1.62 bits per heavy atom. The van der Waals surface area contributed by atoms with Gasteiger partial charge in [-0.05, 0) is 46.0 Å². The Balaban J connectivity index is 2.09. The molecule has 1 nitrogen and oxygen atoms in total. The van der Waals surface area contributed by atoms with Gasteiger partial charge in [-0.2, -0.15) is 0 Å². The van der Waals surface area contributed by atoms with Crippen molar-refractivity contribution in [2.45, 2.75) is 0 Å². The van der Waals surface area contributed by atoms with Crippen molar-refractivity contribution < 1.29 is 4.79 Å². The topological polar surface area (TPSA) is 17.1 Å². The monoisotopic (exact) mass is 292 g/mol. The summed E-state index contributed by atoms with van der Waals surface area (Å²) in [7, 11) is 0. The highest BCUT2D eigenvalue weighted by Gasteiger charge is 2.07. The fraction of sp³-hybridized carbons (Fsp3) is 0. The second-order valence-corrected chi connectivity index (χ2v) is 5.11. The summed E-state index contributed by atoms with van der Waals surface area (Å²) in [4.78, 5) is 11.1. The molecule has 3 aromatic carbocycles. The Morgan fingerprint density at radius 1 is 0.619 bits per heavy atom. The van der Waals surface area contributed by atoms with Crippen LogP contribution in [0.3, 0.4) is 0 Å². The number of hydrogen-bond acceptors (Lipinski definition) is 1. The van der Waals surface area contributed by atoms with Crippen LogP contribution < -0.4 is 0 Å². The van der Waals surface area contributed by atoms with Crippen LogP contribution in [0.2, 0.25) is 0 Å². The summed E-state index contributed by atoms with van der Waals surface area (Å²) in [6.45, 7) is 0. The largest absolute Gasteiger partial charge is 0.276 e. The first kappa shape index (κ1) is 13.6. The van der Waals surface area contributed by atoms with Crippen LogP contribution in [-0.2, 0) is 0 Å². The fourth-order valence-electron chi connectivity index (χ4n) is 2.39. The predicted molar refractivity (Wildman–Crippen MR) is 87.5 cm³/mol. The van der Waals surface area contributed by atoms with E-state index in [0.29, 0.717) is 5.56 Å². The number of carbonyl (C=O) groups is 1. The van der Waals surface area contributed by atoms with Gasteiger partial charge in [0.1, 0.15) is 0 Å². The van der Waals surface area contributed by atoms with Crippen LogP contribution in [0.1, 0.15) is 10.4 Å². The first-order chi connectivity index (χ1) is 10.3. The van der Waals surface area contributed by atoms with Gasteiger partial charge in [0, 0.05) is 5.56 Å². The van der Waals surface area contributed by atoms with Crippen molar-refractivity contribution >= 4 is 16.8 Å². The lowest BCUT2D eigenvalue weighted by molar-refractivity contribution is 0.108.